The van der Waals surface area contributed by atoms with Crippen LogP contribution in [0.4, 0.5) is 10.6 Å². The fourth-order valence-corrected chi connectivity index (χ4v) is 8.48. The molecule has 3 saturated heterocycles. The second kappa shape index (κ2) is 16.9. The number of pyridine rings is 1. The third kappa shape index (κ3) is 8.46. The normalized spacial score (nSPS) is 39.5. The van der Waals surface area contributed by atoms with Gasteiger partial charge in [-0.2, -0.15) is 0 Å². The SMILES string of the molecule is CC[C@H]1OC(=O)[C@H](C)C(=O)[C@@H](C)[C@@H](OC2O[C@H](C)C[C@H](N(C)C)[C@H]2O)[C@](C)(OC)C[C@@H](C)C(=O)[C@H](C)[C@@H]2N(CCNc3ccccn3)C(=O)O[C@@]21C. The van der Waals surface area contributed by atoms with E-state index in [0.717, 1.165) is 0 Å². The first kappa shape index (κ1) is 41.6. The number of carbonyl (C=O) groups excluding carboxylic acids is 4. The molecule has 4 heterocycles. The Bertz CT molecular complexity index is 1420. The number of nitrogens with zero attached hydrogens (tertiary/aromatic N) is 3. The number of aromatic nitrogens is 1. The molecule has 292 valence electrons. The smallest absolute Gasteiger partial charge is 0.410 e. The lowest BCUT2D eigenvalue weighted by Gasteiger charge is -2.47. The molecule has 0 aliphatic carbocycles. The average Bonchev–Trinajstić information content (AvgIpc) is 3.37. The van der Waals surface area contributed by atoms with Crippen molar-refractivity contribution in [1.29, 1.82) is 0 Å². The van der Waals surface area contributed by atoms with Crippen LogP contribution in [0.5, 0.6) is 0 Å². The summed E-state index contributed by atoms with van der Waals surface area (Å²) in [5.74, 6) is -4.37. The molecular weight excluding hydrogens is 672 g/mol. The number of Topliss-reactive ketones (excluding diaryl/α,β-unsaturated/α-hetero) is 2. The van der Waals surface area contributed by atoms with Crippen molar-refractivity contribution < 1.29 is 48.0 Å². The molecule has 4 rings (SSSR count). The van der Waals surface area contributed by atoms with Crippen molar-refractivity contribution >= 4 is 29.4 Å². The Labute approximate surface area is 308 Å². The number of likely N-dealkylation sites (N-methyl/N-ethyl adjacent to an activating group) is 1. The highest BCUT2D eigenvalue weighted by Crippen LogP contribution is 2.43. The molecule has 0 saturated carbocycles. The van der Waals surface area contributed by atoms with Gasteiger partial charge in [0.2, 0.25) is 0 Å². The van der Waals surface area contributed by atoms with Crippen LogP contribution in [0.2, 0.25) is 0 Å². The molecule has 1 amide bonds. The minimum absolute atomic E-state index is 0.125. The van der Waals surface area contributed by atoms with E-state index in [1.54, 1.807) is 53.8 Å². The predicted molar refractivity (Wildman–Crippen MR) is 192 cm³/mol. The number of anilines is 1. The quantitative estimate of drug-likeness (QED) is 0.279. The van der Waals surface area contributed by atoms with Gasteiger partial charge in [-0.05, 0) is 73.2 Å². The van der Waals surface area contributed by atoms with Crippen LogP contribution in [0, 0.1) is 23.7 Å². The fourth-order valence-electron chi connectivity index (χ4n) is 8.48. The van der Waals surface area contributed by atoms with Gasteiger partial charge in [-0.15, -0.1) is 0 Å². The molecular formula is C38H60N4O10. The Kier molecular flexibility index (Phi) is 13.5. The summed E-state index contributed by atoms with van der Waals surface area (Å²) in [5.41, 5.74) is -2.68. The number of aliphatic hydroxyl groups is 1. The first-order chi connectivity index (χ1) is 24.4. The molecule has 1 aromatic rings. The van der Waals surface area contributed by atoms with E-state index in [9.17, 15) is 24.3 Å². The maximum atomic E-state index is 14.6. The monoisotopic (exact) mass is 732 g/mol. The highest BCUT2D eigenvalue weighted by Gasteiger charge is 2.60. The Morgan fingerprint density at radius 2 is 1.75 bits per heavy atom. The molecule has 0 radical (unpaired) electrons. The molecule has 3 aliphatic rings. The van der Waals surface area contributed by atoms with Crippen LogP contribution in [-0.2, 0) is 38.1 Å². The van der Waals surface area contributed by atoms with Gasteiger partial charge in [0.25, 0.3) is 0 Å². The van der Waals surface area contributed by atoms with Crippen LogP contribution >= 0.6 is 0 Å². The van der Waals surface area contributed by atoms with E-state index in [4.69, 9.17) is 23.7 Å². The van der Waals surface area contributed by atoms with Crippen molar-refractivity contribution in [2.45, 2.75) is 129 Å². The largest absolute Gasteiger partial charge is 0.458 e. The maximum Gasteiger partial charge on any atom is 0.410 e. The topological polar surface area (TPSA) is 166 Å². The molecule has 13 atom stereocenters. The van der Waals surface area contributed by atoms with Crippen LogP contribution in [0.25, 0.3) is 0 Å². The predicted octanol–water partition coefficient (Wildman–Crippen LogP) is 3.70. The molecule has 52 heavy (non-hydrogen) atoms. The molecule has 3 aliphatic heterocycles. The highest BCUT2D eigenvalue weighted by atomic mass is 16.7. The molecule has 14 nitrogen and oxygen atoms in total. The summed E-state index contributed by atoms with van der Waals surface area (Å²) in [6, 6.07) is 4.36. The van der Waals surface area contributed by atoms with Gasteiger partial charge in [0.15, 0.2) is 17.7 Å². The van der Waals surface area contributed by atoms with E-state index in [-0.39, 0.29) is 37.3 Å². The number of methoxy groups -OCH3 is 1. The van der Waals surface area contributed by atoms with E-state index in [2.05, 4.69) is 10.3 Å². The molecule has 2 N–H and O–H groups in total. The summed E-state index contributed by atoms with van der Waals surface area (Å²) in [6.45, 7) is 14.4. The van der Waals surface area contributed by atoms with Gasteiger partial charge < -0.3 is 39.0 Å². The van der Waals surface area contributed by atoms with E-state index in [1.165, 1.54) is 18.9 Å². The average molecular weight is 733 g/mol. The molecule has 0 bridgehead atoms. The van der Waals surface area contributed by atoms with Crippen molar-refractivity contribution in [3.8, 4) is 0 Å². The van der Waals surface area contributed by atoms with Gasteiger partial charge in [-0.1, -0.05) is 33.8 Å². The summed E-state index contributed by atoms with van der Waals surface area (Å²) in [6.07, 6.45) is -2.45. The van der Waals surface area contributed by atoms with Crippen molar-refractivity contribution in [3.63, 3.8) is 0 Å². The van der Waals surface area contributed by atoms with Crippen LogP contribution in [-0.4, -0.2) is 132 Å². The zero-order chi connectivity index (χ0) is 38.7. The third-order valence-corrected chi connectivity index (χ3v) is 11.5. The number of fused-ring (bicyclic) bond motifs is 1. The number of hydrogen-bond donors (Lipinski definition) is 2. The van der Waals surface area contributed by atoms with Crippen molar-refractivity contribution in [3.05, 3.63) is 24.4 Å². The molecule has 14 heteroatoms. The Morgan fingerprint density at radius 3 is 2.35 bits per heavy atom. The molecule has 1 unspecified atom stereocenters. The third-order valence-electron chi connectivity index (χ3n) is 11.5. The number of ketones is 2. The zero-order valence-corrected chi connectivity index (χ0v) is 32.7. The van der Waals surface area contributed by atoms with Gasteiger partial charge in [0.05, 0.1) is 23.9 Å². The van der Waals surface area contributed by atoms with Gasteiger partial charge in [0, 0.05) is 50.2 Å². The molecule has 3 fully saturated rings. The van der Waals surface area contributed by atoms with Crippen molar-refractivity contribution in [2.75, 3.05) is 39.6 Å². The van der Waals surface area contributed by atoms with Gasteiger partial charge in [-0.3, -0.25) is 19.3 Å². The van der Waals surface area contributed by atoms with E-state index in [1.807, 2.05) is 38.1 Å². The van der Waals surface area contributed by atoms with Crippen LogP contribution in [0.1, 0.15) is 74.7 Å². The molecule has 0 spiro atoms. The number of aliphatic hydroxyl groups excluding tert-OH is 1. The van der Waals surface area contributed by atoms with Crippen LogP contribution < -0.4 is 5.32 Å². The second-order valence-corrected chi connectivity index (χ2v) is 15.5. The number of nitrogens with one attached hydrogen (secondary N) is 1. The van der Waals surface area contributed by atoms with Crippen molar-refractivity contribution in [2.24, 2.45) is 23.7 Å². The number of ether oxygens (including phenoxy) is 5. The molecule has 1 aromatic heterocycles. The zero-order valence-electron chi connectivity index (χ0n) is 32.7. The Hall–Kier alpha value is -3.17. The number of hydrogen-bond acceptors (Lipinski definition) is 13. The second-order valence-electron chi connectivity index (χ2n) is 15.5. The summed E-state index contributed by atoms with van der Waals surface area (Å²) < 4.78 is 31.0. The van der Waals surface area contributed by atoms with E-state index >= 15 is 0 Å². The standard InChI is InChI=1S/C38H60N4O10/c1-12-27-38(8)32(42(36(47)52-38)18-17-40-28-15-13-14-16-39-28)23(4)29(43)21(2)20-37(7,48-11)33(24(5)30(44)25(6)34(46)50-27)51-35-31(45)26(41(9)10)19-22(3)49-35/h13-16,21-27,31-33,35,45H,12,17-20H2,1-11H3,(H,39,40)/t21-,22-,23+,24-,25-,26+,27-,31-,32+,33-,35?,37-,38-/m1/s1. The van der Waals surface area contributed by atoms with E-state index < -0.39 is 83.4 Å². The lowest BCUT2D eigenvalue weighted by atomic mass is 9.73. The van der Waals surface area contributed by atoms with Crippen LogP contribution in [0.3, 0.4) is 0 Å². The molecule has 0 aromatic carbocycles. The number of cyclic esters (lactones) is 1. The first-order valence-corrected chi connectivity index (χ1v) is 18.5. The number of esters is 1. The summed E-state index contributed by atoms with van der Waals surface area (Å²) >= 11 is 0. The Morgan fingerprint density at radius 1 is 1.06 bits per heavy atom. The number of rotatable bonds is 9. The van der Waals surface area contributed by atoms with Crippen molar-refractivity contribution in [1.82, 2.24) is 14.8 Å². The number of carbonyl (C=O) groups is 4. The van der Waals surface area contributed by atoms with E-state index in [0.29, 0.717) is 18.8 Å². The van der Waals surface area contributed by atoms with Gasteiger partial charge in [0.1, 0.15) is 29.7 Å². The lowest BCUT2D eigenvalue weighted by Crippen LogP contribution is -2.60. The fraction of sp³-hybridized carbons (Fsp3) is 0.763. The highest BCUT2D eigenvalue weighted by molar-refractivity contribution is 6.00. The minimum Gasteiger partial charge on any atom is -0.458 e. The lowest BCUT2D eigenvalue weighted by molar-refractivity contribution is -0.295. The summed E-state index contributed by atoms with van der Waals surface area (Å²) in [7, 11) is 5.22. The van der Waals surface area contributed by atoms with Gasteiger partial charge >= 0.3 is 12.1 Å². The van der Waals surface area contributed by atoms with Crippen LogP contribution in [0.15, 0.2) is 24.4 Å². The Balaban J connectivity index is 1.74. The first-order valence-electron chi connectivity index (χ1n) is 18.5. The maximum absolute atomic E-state index is 14.6. The summed E-state index contributed by atoms with van der Waals surface area (Å²) in [4.78, 5) is 64.0. The van der Waals surface area contributed by atoms with Gasteiger partial charge in [-0.25, -0.2) is 9.78 Å². The minimum atomic E-state index is -1.41. The summed E-state index contributed by atoms with van der Waals surface area (Å²) in [5, 5.41) is 14.6. The number of amides is 1.